The minimum absolute atomic E-state index is 0. The second-order valence-electron chi connectivity index (χ2n) is 1.96. The smallest absolute Gasteiger partial charge is 0.250 e. The van der Waals surface area contributed by atoms with E-state index in [-0.39, 0.29) is 12.4 Å². The lowest BCUT2D eigenvalue weighted by atomic mass is 10.6. The molecule has 0 aromatic carbocycles. The largest absolute Gasteiger partial charge is 1.00 e. The lowest BCUT2D eigenvalue weighted by Gasteiger charge is -1.83. The fourth-order valence-electron chi connectivity index (χ4n) is 0.832. The molecule has 0 bridgehead atoms. The minimum atomic E-state index is 0. The van der Waals surface area contributed by atoms with Crippen molar-refractivity contribution in [2.45, 2.75) is 0 Å². The maximum Gasteiger partial charge on any atom is 0.250 e. The highest BCUT2D eigenvalue weighted by molar-refractivity contribution is 5.03. The first-order chi connectivity index (χ1) is 4.97. The molecule has 2 heterocycles. The zero-order valence-corrected chi connectivity index (χ0v) is 6.42. The SMILES string of the molecule is [Cl-].c1cc(-[n+]2cc[nH]c2)[nH]n1. The van der Waals surface area contributed by atoms with Crippen molar-refractivity contribution >= 4 is 0 Å². The van der Waals surface area contributed by atoms with Crippen molar-refractivity contribution in [2.24, 2.45) is 0 Å². The Kier molecular flexibility index (Phi) is 2.28. The van der Waals surface area contributed by atoms with Crippen LogP contribution in [0.2, 0.25) is 0 Å². The molecule has 0 fully saturated rings. The maximum atomic E-state index is 3.82. The lowest BCUT2D eigenvalue weighted by molar-refractivity contribution is -0.598. The molecule has 0 aliphatic rings. The number of H-pyrrole nitrogens is 2. The second kappa shape index (κ2) is 3.21. The molecule has 0 spiro atoms. The maximum absolute atomic E-state index is 3.82. The summed E-state index contributed by atoms with van der Waals surface area (Å²) >= 11 is 0. The van der Waals surface area contributed by atoms with Gasteiger partial charge in [0.05, 0.1) is 12.4 Å². The van der Waals surface area contributed by atoms with Crippen molar-refractivity contribution in [3.8, 4) is 5.82 Å². The van der Waals surface area contributed by atoms with Crippen LogP contribution >= 0.6 is 0 Å². The van der Waals surface area contributed by atoms with Crippen LogP contribution in [0.3, 0.4) is 0 Å². The first kappa shape index (κ1) is 7.81. The molecule has 0 unspecified atom stereocenters. The van der Waals surface area contributed by atoms with Gasteiger partial charge in [0.1, 0.15) is 6.20 Å². The summed E-state index contributed by atoms with van der Waals surface area (Å²) in [4.78, 5) is 2.93. The summed E-state index contributed by atoms with van der Waals surface area (Å²) in [6.45, 7) is 0. The molecule has 0 amide bonds. The average Bonchev–Trinajstić information content (AvgIpc) is 2.59. The number of imidazole rings is 1. The number of aromatic nitrogens is 4. The predicted octanol–water partition coefficient (Wildman–Crippen LogP) is -2.98. The van der Waals surface area contributed by atoms with Crippen LogP contribution in [-0.2, 0) is 0 Å². The van der Waals surface area contributed by atoms with Crippen LogP contribution in [-0.4, -0.2) is 15.2 Å². The van der Waals surface area contributed by atoms with Gasteiger partial charge in [0, 0.05) is 6.07 Å². The van der Waals surface area contributed by atoms with Gasteiger partial charge < -0.3 is 12.4 Å². The van der Waals surface area contributed by atoms with Gasteiger partial charge in [-0.2, -0.15) is 5.10 Å². The number of rotatable bonds is 1. The van der Waals surface area contributed by atoms with Crippen LogP contribution in [0.5, 0.6) is 0 Å². The zero-order valence-electron chi connectivity index (χ0n) is 5.66. The zero-order chi connectivity index (χ0) is 6.81. The van der Waals surface area contributed by atoms with Gasteiger partial charge in [0.2, 0.25) is 0 Å². The van der Waals surface area contributed by atoms with E-state index < -0.39 is 0 Å². The molecule has 2 aromatic heterocycles. The molecule has 11 heavy (non-hydrogen) atoms. The number of nitrogens with one attached hydrogen (secondary N) is 2. The van der Waals surface area contributed by atoms with E-state index >= 15 is 0 Å². The highest BCUT2D eigenvalue weighted by Gasteiger charge is 1.99. The fraction of sp³-hybridized carbons (Fsp3) is 0. The van der Waals surface area contributed by atoms with Crippen molar-refractivity contribution in [1.82, 2.24) is 15.2 Å². The summed E-state index contributed by atoms with van der Waals surface area (Å²) in [5, 5.41) is 6.65. The summed E-state index contributed by atoms with van der Waals surface area (Å²) in [6, 6.07) is 1.90. The van der Waals surface area contributed by atoms with Crippen LogP contribution in [0.25, 0.3) is 5.82 Å². The molecule has 2 rings (SSSR count). The van der Waals surface area contributed by atoms with Crippen LogP contribution in [0.1, 0.15) is 0 Å². The lowest BCUT2D eigenvalue weighted by Crippen LogP contribution is -3.00. The Morgan fingerprint density at radius 2 is 2.36 bits per heavy atom. The highest BCUT2D eigenvalue weighted by Crippen LogP contribution is 1.87. The molecule has 2 aromatic rings. The fourth-order valence-corrected chi connectivity index (χ4v) is 0.832. The molecular weight excluding hydrogens is 164 g/mol. The molecule has 5 heteroatoms. The molecule has 0 aliphatic carbocycles. The van der Waals surface area contributed by atoms with Gasteiger partial charge in [0.15, 0.2) is 6.33 Å². The van der Waals surface area contributed by atoms with E-state index in [1.54, 1.807) is 6.20 Å². The molecule has 0 saturated carbocycles. The quantitative estimate of drug-likeness (QED) is 0.441. The van der Waals surface area contributed by atoms with Gasteiger partial charge in [-0.25, -0.2) is 4.57 Å². The normalized spacial score (nSPS) is 9.09. The van der Waals surface area contributed by atoms with Crippen molar-refractivity contribution in [2.75, 3.05) is 0 Å². The molecule has 58 valence electrons. The molecule has 0 atom stereocenters. The van der Waals surface area contributed by atoms with Crippen molar-refractivity contribution in [3.05, 3.63) is 31.0 Å². The third-order valence-electron chi connectivity index (χ3n) is 1.31. The van der Waals surface area contributed by atoms with Gasteiger partial charge in [-0.05, 0) is 0 Å². The molecule has 0 saturated heterocycles. The number of aromatic amines is 2. The summed E-state index contributed by atoms with van der Waals surface area (Å²) in [7, 11) is 0. The van der Waals surface area contributed by atoms with Crippen LogP contribution in [0.15, 0.2) is 31.0 Å². The Hall–Kier alpha value is -1.29. The molecule has 0 radical (unpaired) electrons. The third-order valence-corrected chi connectivity index (χ3v) is 1.31. The number of hydrogen-bond donors (Lipinski definition) is 2. The summed E-state index contributed by atoms with van der Waals surface area (Å²) in [5.41, 5.74) is 0. The molecule has 4 nitrogen and oxygen atoms in total. The Morgan fingerprint density at radius 3 is 2.91 bits per heavy atom. The van der Waals surface area contributed by atoms with E-state index in [0.29, 0.717) is 0 Å². The Morgan fingerprint density at radius 1 is 1.45 bits per heavy atom. The highest BCUT2D eigenvalue weighted by atomic mass is 35.5. The van der Waals surface area contributed by atoms with E-state index in [2.05, 4.69) is 15.2 Å². The second-order valence-corrected chi connectivity index (χ2v) is 1.96. The number of hydrogen-bond acceptors (Lipinski definition) is 1. The van der Waals surface area contributed by atoms with Crippen molar-refractivity contribution in [1.29, 1.82) is 0 Å². The van der Waals surface area contributed by atoms with E-state index in [9.17, 15) is 0 Å². The average molecular weight is 171 g/mol. The summed E-state index contributed by atoms with van der Waals surface area (Å²) < 4.78 is 1.91. The molecular formula is C6H7ClN4. The number of nitrogens with zero attached hydrogens (tertiary/aromatic N) is 2. The Balaban J connectivity index is 0.000000605. The molecule has 2 N–H and O–H groups in total. The third kappa shape index (κ3) is 1.40. The van der Waals surface area contributed by atoms with Gasteiger partial charge in [-0.1, -0.05) is 0 Å². The van der Waals surface area contributed by atoms with Gasteiger partial charge in [-0.15, -0.1) is 5.10 Å². The van der Waals surface area contributed by atoms with Gasteiger partial charge in [0.25, 0.3) is 5.82 Å². The van der Waals surface area contributed by atoms with Crippen LogP contribution in [0, 0.1) is 0 Å². The first-order valence-corrected chi connectivity index (χ1v) is 3.00. The van der Waals surface area contributed by atoms with E-state index in [1.165, 1.54) is 0 Å². The summed E-state index contributed by atoms with van der Waals surface area (Å²) in [5.74, 6) is 0.959. The van der Waals surface area contributed by atoms with Gasteiger partial charge >= 0.3 is 0 Å². The first-order valence-electron chi connectivity index (χ1n) is 3.00. The predicted molar refractivity (Wildman–Crippen MR) is 34.5 cm³/mol. The topological polar surface area (TPSA) is 48.3 Å². The van der Waals surface area contributed by atoms with Crippen LogP contribution < -0.4 is 17.0 Å². The van der Waals surface area contributed by atoms with Crippen molar-refractivity contribution in [3.63, 3.8) is 0 Å². The monoisotopic (exact) mass is 170 g/mol. The minimum Gasteiger partial charge on any atom is -1.00 e. The van der Waals surface area contributed by atoms with Gasteiger partial charge in [-0.3, -0.25) is 4.98 Å². The Labute approximate surface area is 69.7 Å². The Bertz CT molecular complexity index is 254. The summed E-state index contributed by atoms with van der Waals surface area (Å²) in [6.07, 6.45) is 7.32. The standard InChI is InChI=1S/C6H6N4.ClH/c1-2-8-9-6(1)10-4-3-7-5-10;/h1-5H,(H,8,9);1H. The number of halogens is 1. The van der Waals surface area contributed by atoms with E-state index in [4.69, 9.17) is 0 Å². The van der Waals surface area contributed by atoms with Crippen LogP contribution in [0.4, 0.5) is 0 Å². The molecule has 0 aliphatic heterocycles. The van der Waals surface area contributed by atoms with E-state index in [1.807, 2.05) is 29.4 Å². The van der Waals surface area contributed by atoms with E-state index in [0.717, 1.165) is 5.82 Å². The van der Waals surface area contributed by atoms with Crippen molar-refractivity contribution < 1.29 is 17.0 Å².